The van der Waals surface area contributed by atoms with Gasteiger partial charge in [-0.1, -0.05) is 12.2 Å². The minimum atomic E-state index is -0.145. The molecule has 0 radical (unpaired) electrons. The van der Waals surface area contributed by atoms with Crippen LogP contribution in [0.3, 0.4) is 0 Å². The molecule has 2 aliphatic rings. The predicted octanol–water partition coefficient (Wildman–Crippen LogP) is 1.32. The fourth-order valence-corrected chi connectivity index (χ4v) is 1.37. The second kappa shape index (κ2) is 2.51. The zero-order valence-electron chi connectivity index (χ0n) is 6.14. The number of dihydropyridines is 1. The molecule has 0 aromatic heterocycles. The van der Waals surface area contributed by atoms with Gasteiger partial charge in [-0.15, -0.1) is 0 Å². The first kappa shape index (κ1) is 6.61. The van der Waals surface area contributed by atoms with Crippen LogP contribution < -0.4 is 0 Å². The highest BCUT2D eigenvalue weighted by Gasteiger charge is 2.20. The molecule has 0 fully saturated rings. The van der Waals surface area contributed by atoms with Crippen molar-refractivity contribution in [1.29, 1.82) is 0 Å². The molecule has 11 heavy (non-hydrogen) atoms. The normalized spacial score (nSPS) is 28.3. The molecule has 2 heterocycles. The van der Waals surface area contributed by atoms with Crippen molar-refractivity contribution in [2.45, 2.75) is 19.0 Å². The van der Waals surface area contributed by atoms with Gasteiger partial charge in [0.15, 0.2) is 6.17 Å². The summed E-state index contributed by atoms with van der Waals surface area (Å²) >= 11 is 0. The van der Waals surface area contributed by atoms with Gasteiger partial charge < -0.3 is 0 Å². The number of aliphatic imine (C=N–C) groups is 1. The van der Waals surface area contributed by atoms with Crippen LogP contribution in [0.1, 0.15) is 12.8 Å². The number of hydrogen-bond acceptors (Lipinski definition) is 3. The van der Waals surface area contributed by atoms with Gasteiger partial charge in [-0.3, -0.25) is 10.2 Å². The molecule has 3 heteroatoms. The minimum Gasteiger partial charge on any atom is -0.287 e. The highest BCUT2D eigenvalue weighted by atomic mass is 16.5. The lowest BCUT2D eigenvalue weighted by Crippen LogP contribution is -2.31. The second-order valence-corrected chi connectivity index (χ2v) is 2.69. The average Bonchev–Trinajstić information content (AvgIpc) is 2.06. The smallest absolute Gasteiger partial charge is 0.166 e. The Balaban J connectivity index is 2.28. The lowest BCUT2D eigenvalue weighted by atomic mass is 10.0. The summed E-state index contributed by atoms with van der Waals surface area (Å²) in [6, 6.07) is 0. The first-order chi connectivity index (χ1) is 5.38. The summed E-state index contributed by atoms with van der Waals surface area (Å²) < 4.78 is 0. The van der Waals surface area contributed by atoms with Gasteiger partial charge in [0.05, 0.1) is 0 Å². The maximum absolute atomic E-state index is 9.30. The number of hydroxylamine groups is 2. The van der Waals surface area contributed by atoms with Gasteiger partial charge in [0, 0.05) is 18.8 Å². The SMILES string of the molecule is ON1C=CCC2=CCC=NC21. The van der Waals surface area contributed by atoms with Crippen LogP contribution in [0.2, 0.25) is 0 Å². The molecule has 58 valence electrons. The van der Waals surface area contributed by atoms with E-state index in [0.29, 0.717) is 0 Å². The van der Waals surface area contributed by atoms with Crippen LogP contribution in [0, 0.1) is 0 Å². The molecule has 0 aromatic carbocycles. The third-order valence-corrected chi connectivity index (χ3v) is 1.93. The van der Waals surface area contributed by atoms with Gasteiger partial charge in [-0.05, 0) is 12.0 Å². The Morgan fingerprint density at radius 3 is 3.36 bits per heavy atom. The molecule has 0 amide bonds. The van der Waals surface area contributed by atoms with E-state index in [1.807, 2.05) is 12.3 Å². The predicted molar refractivity (Wildman–Crippen MR) is 42.4 cm³/mol. The monoisotopic (exact) mass is 150 g/mol. The highest BCUT2D eigenvalue weighted by Crippen LogP contribution is 2.22. The van der Waals surface area contributed by atoms with Crippen LogP contribution in [0.5, 0.6) is 0 Å². The molecule has 0 aliphatic carbocycles. The molecule has 0 saturated heterocycles. The Morgan fingerprint density at radius 1 is 1.64 bits per heavy atom. The molecule has 2 aliphatic heterocycles. The van der Waals surface area contributed by atoms with Crippen molar-refractivity contribution in [2.75, 3.05) is 0 Å². The summed E-state index contributed by atoms with van der Waals surface area (Å²) in [5, 5.41) is 10.4. The van der Waals surface area contributed by atoms with Crippen LogP contribution in [-0.2, 0) is 0 Å². The highest BCUT2D eigenvalue weighted by molar-refractivity contribution is 5.62. The van der Waals surface area contributed by atoms with E-state index < -0.39 is 0 Å². The second-order valence-electron chi connectivity index (χ2n) is 2.69. The summed E-state index contributed by atoms with van der Waals surface area (Å²) in [5.74, 6) is 0. The van der Waals surface area contributed by atoms with Crippen molar-refractivity contribution >= 4 is 6.21 Å². The van der Waals surface area contributed by atoms with Crippen molar-refractivity contribution in [3.63, 3.8) is 0 Å². The van der Waals surface area contributed by atoms with E-state index in [1.165, 1.54) is 5.57 Å². The summed E-state index contributed by atoms with van der Waals surface area (Å²) in [7, 11) is 0. The molecular formula is C8H10N2O. The summed E-state index contributed by atoms with van der Waals surface area (Å²) in [4.78, 5) is 4.16. The van der Waals surface area contributed by atoms with Gasteiger partial charge in [0.25, 0.3) is 0 Å². The first-order valence-corrected chi connectivity index (χ1v) is 3.72. The Bertz CT molecular complexity index is 242. The Kier molecular flexibility index (Phi) is 1.51. The number of hydrogen-bond donors (Lipinski definition) is 1. The molecule has 1 unspecified atom stereocenters. The van der Waals surface area contributed by atoms with Crippen LogP contribution in [0.4, 0.5) is 0 Å². The van der Waals surface area contributed by atoms with E-state index >= 15 is 0 Å². The minimum absolute atomic E-state index is 0.145. The number of fused-ring (bicyclic) bond motifs is 1. The fraction of sp³-hybridized carbons (Fsp3) is 0.375. The van der Waals surface area contributed by atoms with E-state index in [9.17, 15) is 5.21 Å². The van der Waals surface area contributed by atoms with Gasteiger partial charge in [-0.25, -0.2) is 5.06 Å². The van der Waals surface area contributed by atoms with Gasteiger partial charge in [0.1, 0.15) is 0 Å². The van der Waals surface area contributed by atoms with E-state index in [0.717, 1.165) is 17.9 Å². The Labute approximate surface area is 65.3 Å². The molecule has 0 bridgehead atoms. The van der Waals surface area contributed by atoms with E-state index in [-0.39, 0.29) is 6.17 Å². The zero-order chi connectivity index (χ0) is 7.68. The van der Waals surface area contributed by atoms with Crippen molar-refractivity contribution in [3.8, 4) is 0 Å². The van der Waals surface area contributed by atoms with Gasteiger partial charge >= 0.3 is 0 Å². The van der Waals surface area contributed by atoms with Crippen molar-refractivity contribution < 1.29 is 5.21 Å². The summed E-state index contributed by atoms with van der Waals surface area (Å²) in [6.07, 6.45) is 9.20. The Hall–Kier alpha value is -1.09. The van der Waals surface area contributed by atoms with Crippen LogP contribution in [-0.4, -0.2) is 22.7 Å². The van der Waals surface area contributed by atoms with E-state index in [4.69, 9.17) is 0 Å². The maximum atomic E-state index is 9.30. The maximum Gasteiger partial charge on any atom is 0.166 e. The molecule has 2 rings (SSSR count). The lowest BCUT2D eigenvalue weighted by Gasteiger charge is -2.28. The van der Waals surface area contributed by atoms with E-state index in [1.54, 1.807) is 6.20 Å². The van der Waals surface area contributed by atoms with Crippen molar-refractivity contribution in [1.82, 2.24) is 5.06 Å². The third-order valence-electron chi connectivity index (χ3n) is 1.93. The van der Waals surface area contributed by atoms with Gasteiger partial charge in [0.2, 0.25) is 0 Å². The van der Waals surface area contributed by atoms with Crippen LogP contribution in [0.15, 0.2) is 28.9 Å². The molecule has 0 aromatic rings. The van der Waals surface area contributed by atoms with Crippen molar-refractivity contribution in [3.05, 3.63) is 23.9 Å². The number of allylic oxidation sites excluding steroid dienone is 2. The molecule has 3 nitrogen and oxygen atoms in total. The van der Waals surface area contributed by atoms with E-state index in [2.05, 4.69) is 11.1 Å². The lowest BCUT2D eigenvalue weighted by molar-refractivity contribution is -0.0690. The summed E-state index contributed by atoms with van der Waals surface area (Å²) in [6.45, 7) is 0. The first-order valence-electron chi connectivity index (χ1n) is 3.72. The van der Waals surface area contributed by atoms with Crippen LogP contribution in [0.25, 0.3) is 0 Å². The molecule has 0 saturated carbocycles. The van der Waals surface area contributed by atoms with Gasteiger partial charge in [-0.2, -0.15) is 0 Å². The molecular weight excluding hydrogens is 140 g/mol. The zero-order valence-corrected chi connectivity index (χ0v) is 6.14. The van der Waals surface area contributed by atoms with Crippen molar-refractivity contribution in [2.24, 2.45) is 4.99 Å². The molecule has 0 spiro atoms. The number of rotatable bonds is 0. The standard InChI is InChI=1S/C8H10N2O/c11-10-6-2-4-7-3-1-5-9-8(7)10/h2-3,5-6,8,11H,1,4H2. The Morgan fingerprint density at radius 2 is 2.55 bits per heavy atom. The molecule has 1 atom stereocenters. The fourth-order valence-electron chi connectivity index (χ4n) is 1.37. The summed E-state index contributed by atoms with van der Waals surface area (Å²) in [5.41, 5.74) is 1.19. The average molecular weight is 150 g/mol. The largest absolute Gasteiger partial charge is 0.287 e. The number of nitrogens with zero attached hydrogens (tertiary/aromatic N) is 2. The third kappa shape index (κ3) is 1.07. The quantitative estimate of drug-likeness (QED) is 0.529. The van der Waals surface area contributed by atoms with Crippen LogP contribution >= 0.6 is 0 Å². The topological polar surface area (TPSA) is 35.8 Å². The molecule has 1 N–H and O–H groups in total.